The van der Waals surface area contributed by atoms with Crippen molar-refractivity contribution in [3.8, 4) is 0 Å². The van der Waals surface area contributed by atoms with Crippen LogP contribution in [0.4, 0.5) is 4.79 Å². The predicted octanol–water partition coefficient (Wildman–Crippen LogP) is 1.24. The highest BCUT2D eigenvalue weighted by atomic mass is 32.1. The summed E-state index contributed by atoms with van der Waals surface area (Å²) in [4.78, 5) is 14.8. The Morgan fingerprint density at radius 3 is 2.93 bits per heavy atom. The first kappa shape index (κ1) is 10.8. The molecule has 1 aromatic rings. The smallest absolute Gasteiger partial charge is 0.324 e. The van der Waals surface area contributed by atoms with Crippen molar-refractivity contribution in [3.63, 3.8) is 0 Å². The van der Waals surface area contributed by atoms with Crippen LogP contribution < -0.4 is 5.73 Å². The van der Waals surface area contributed by atoms with Gasteiger partial charge in [0.1, 0.15) is 0 Å². The summed E-state index contributed by atoms with van der Waals surface area (Å²) in [6.45, 7) is 0.537. The Labute approximate surface area is 88.7 Å². The molecule has 0 saturated carbocycles. The Morgan fingerprint density at radius 2 is 2.36 bits per heavy atom. The lowest BCUT2D eigenvalue weighted by Crippen LogP contribution is -2.28. The summed E-state index contributed by atoms with van der Waals surface area (Å²) in [5.74, 6) is 0. The fourth-order valence-electron chi connectivity index (χ4n) is 1.07. The quantitative estimate of drug-likeness (QED) is 0.736. The molecule has 4 nitrogen and oxygen atoms in total. The van der Waals surface area contributed by atoms with Gasteiger partial charge in [-0.05, 0) is 25.0 Å². The molecule has 1 rings (SSSR count). The second kappa shape index (κ2) is 5.49. The molecule has 0 aliphatic carbocycles. The SMILES string of the molecule is NC(=O)N(S)CCCc1ccccn1. The van der Waals surface area contributed by atoms with Crippen molar-refractivity contribution in [2.45, 2.75) is 12.8 Å². The molecule has 0 aliphatic rings. The number of nitrogens with zero attached hydrogens (tertiary/aromatic N) is 2. The molecule has 0 atom stereocenters. The minimum Gasteiger partial charge on any atom is -0.351 e. The Bertz CT molecular complexity index is 291. The molecular formula is C9H13N3OS. The summed E-state index contributed by atoms with van der Waals surface area (Å²) in [7, 11) is 0. The van der Waals surface area contributed by atoms with Crippen LogP contribution in [0.25, 0.3) is 0 Å². The first-order chi connectivity index (χ1) is 6.70. The van der Waals surface area contributed by atoms with Gasteiger partial charge in [0, 0.05) is 18.4 Å². The van der Waals surface area contributed by atoms with Crippen LogP contribution in [0.3, 0.4) is 0 Å². The molecule has 0 unspecified atom stereocenters. The highest BCUT2D eigenvalue weighted by Gasteiger charge is 2.03. The zero-order valence-corrected chi connectivity index (χ0v) is 8.65. The van der Waals surface area contributed by atoms with Gasteiger partial charge >= 0.3 is 6.03 Å². The van der Waals surface area contributed by atoms with E-state index < -0.39 is 6.03 Å². The van der Waals surface area contributed by atoms with E-state index in [1.165, 1.54) is 4.31 Å². The minimum absolute atomic E-state index is 0.519. The van der Waals surface area contributed by atoms with Gasteiger partial charge in [0.2, 0.25) is 0 Å². The standard InChI is InChI=1S/C9H13N3OS/c10-9(13)12(14)7-3-5-8-4-1-2-6-11-8/h1-2,4,6,14H,3,5,7H2,(H2,10,13). The fourth-order valence-corrected chi connectivity index (χ4v) is 1.21. The van der Waals surface area contributed by atoms with E-state index in [1.807, 2.05) is 18.2 Å². The van der Waals surface area contributed by atoms with Gasteiger partial charge in [0.25, 0.3) is 0 Å². The monoisotopic (exact) mass is 211 g/mol. The van der Waals surface area contributed by atoms with Crippen molar-refractivity contribution in [2.75, 3.05) is 6.54 Å². The summed E-state index contributed by atoms with van der Waals surface area (Å²) in [6.07, 6.45) is 3.39. The zero-order chi connectivity index (χ0) is 10.4. The highest BCUT2D eigenvalue weighted by molar-refractivity contribution is 7.78. The van der Waals surface area contributed by atoms with Crippen molar-refractivity contribution in [3.05, 3.63) is 30.1 Å². The second-order valence-corrected chi connectivity index (χ2v) is 3.37. The third-order valence-electron chi connectivity index (χ3n) is 1.78. The summed E-state index contributed by atoms with van der Waals surface area (Å²) < 4.78 is 1.20. The number of aryl methyl sites for hydroxylation is 1. The lowest BCUT2D eigenvalue weighted by atomic mass is 10.2. The maximum atomic E-state index is 10.6. The van der Waals surface area contributed by atoms with Crippen LogP contribution >= 0.6 is 12.8 Å². The Hall–Kier alpha value is -1.23. The van der Waals surface area contributed by atoms with Crippen LogP contribution in [-0.2, 0) is 6.42 Å². The zero-order valence-electron chi connectivity index (χ0n) is 7.76. The summed E-state index contributed by atoms with van der Waals surface area (Å²) in [6, 6.07) is 5.24. The summed E-state index contributed by atoms with van der Waals surface area (Å²) >= 11 is 3.91. The fraction of sp³-hybridized carbons (Fsp3) is 0.333. The molecule has 0 bridgehead atoms. The van der Waals surface area contributed by atoms with Crippen LogP contribution in [0.5, 0.6) is 0 Å². The third kappa shape index (κ3) is 3.66. The number of nitrogens with two attached hydrogens (primary N) is 1. The number of pyridine rings is 1. The van der Waals surface area contributed by atoms with Gasteiger partial charge in [0.15, 0.2) is 0 Å². The Balaban J connectivity index is 2.26. The van der Waals surface area contributed by atoms with Crippen LogP contribution in [0, 0.1) is 0 Å². The average molecular weight is 211 g/mol. The molecule has 14 heavy (non-hydrogen) atoms. The van der Waals surface area contributed by atoms with E-state index in [9.17, 15) is 4.79 Å². The van der Waals surface area contributed by atoms with Gasteiger partial charge < -0.3 is 5.73 Å². The number of hydrogen-bond donors (Lipinski definition) is 2. The molecule has 2 amide bonds. The van der Waals surface area contributed by atoms with E-state index in [0.717, 1.165) is 18.5 Å². The normalized spacial score (nSPS) is 9.79. The van der Waals surface area contributed by atoms with Crippen molar-refractivity contribution in [2.24, 2.45) is 5.73 Å². The molecular weight excluding hydrogens is 198 g/mol. The molecule has 2 N–H and O–H groups in total. The molecule has 0 spiro atoms. The van der Waals surface area contributed by atoms with E-state index in [1.54, 1.807) is 6.20 Å². The van der Waals surface area contributed by atoms with Crippen LogP contribution in [0.15, 0.2) is 24.4 Å². The third-order valence-corrected chi connectivity index (χ3v) is 2.18. The van der Waals surface area contributed by atoms with Crippen molar-refractivity contribution < 1.29 is 4.79 Å². The van der Waals surface area contributed by atoms with Gasteiger partial charge in [-0.25, -0.2) is 4.79 Å². The molecule has 0 saturated heterocycles. The van der Waals surface area contributed by atoms with Crippen LogP contribution in [-0.4, -0.2) is 21.9 Å². The van der Waals surface area contributed by atoms with E-state index >= 15 is 0 Å². The molecule has 0 radical (unpaired) electrons. The van der Waals surface area contributed by atoms with Gasteiger partial charge in [-0.1, -0.05) is 18.9 Å². The van der Waals surface area contributed by atoms with Gasteiger partial charge in [0.05, 0.1) is 0 Å². The number of thiol groups is 1. The van der Waals surface area contributed by atoms with Gasteiger partial charge in [-0.3, -0.25) is 9.29 Å². The Kier molecular flexibility index (Phi) is 4.25. The number of aromatic nitrogens is 1. The second-order valence-electron chi connectivity index (χ2n) is 2.89. The van der Waals surface area contributed by atoms with Crippen LogP contribution in [0.2, 0.25) is 0 Å². The lowest BCUT2D eigenvalue weighted by molar-refractivity contribution is 0.235. The lowest BCUT2D eigenvalue weighted by Gasteiger charge is -2.11. The van der Waals surface area contributed by atoms with Gasteiger partial charge in [-0.15, -0.1) is 0 Å². The number of urea groups is 1. The molecule has 0 aromatic carbocycles. The number of amides is 2. The number of rotatable bonds is 4. The topological polar surface area (TPSA) is 59.2 Å². The number of carbonyl (C=O) groups is 1. The first-order valence-electron chi connectivity index (χ1n) is 4.36. The molecule has 5 heteroatoms. The van der Waals surface area contributed by atoms with E-state index in [2.05, 4.69) is 17.8 Å². The number of primary amides is 1. The largest absolute Gasteiger partial charge is 0.351 e. The maximum Gasteiger partial charge on any atom is 0.324 e. The van der Waals surface area contributed by atoms with E-state index in [0.29, 0.717) is 6.54 Å². The molecule has 1 aromatic heterocycles. The minimum atomic E-state index is -0.519. The number of carbonyl (C=O) groups excluding carboxylic acids is 1. The number of hydrogen-bond acceptors (Lipinski definition) is 3. The van der Waals surface area contributed by atoms with E-state index in [4.69, 9.17) is 5.73 Å². The van der Waals surface area contributed by atoms with Crippen molar-refractivity contribution >= 4 is 18.8 Å². The summed E-state index contributed by atoms with van der Waals surface area (Å²) in [5.41, 5.74) is 6.02. The van der Waals surface area contributed by atoms with Crippen LogP contribution in [0.1, 0.15) is 12.1 Å². The summed E-state index contributed by atoms with van der Waals surface area (Å²) in [5, 5.41) is 0. The molecule has 0 aliphatic heterocycles. The van der Waals surface area contributed by atoms with E-state index in [-0.39, 0.29) is 0 Å². The van der Waals surface area contributed by atoms with Gasteiger partial charge in [-0.2, -0.15) is 0 Å². The predicted molar refractivity (Wildman–Crippen MR) is 57.8 cm³/mol. The highest BCUT2D eigenvalue weighted by Crippen LogP contribution is 2.01. The first-order valence-corrected chi connectivity index (χ1v) is 4.76. The average Bonchev–Trinajstić information content (AvgIpc) is 2.19. The van der Waals surface area contributed by atoms with Crippen molar-refractivity contribution in [1.29, 1.82) is 0 Å². The molecule has 76 valence electrons. The molecule has 0 fully saturated rings. The van der Waals surface area contributed by atoms with Crippen molar-refractivity contribution in [1.82, 2.24) is 9.29 Å². The maximum absolute atomic E-state index is 10.6. The molecule has 1 heterocycles. The Morgan fingerprint density at radius 1 is 1.57 bits per heavy atom.